The van der Waals surface area contributed by atoms with Gasteiger partial charge in [0, 0.05) is 5.02 Å². The maximum Gasteiger partial charge on any atom is 0.488 e. The van der Waals surface area contributed by atoms with E-state index in [1.165, 1.54) is 0 Å². The molecule has 1 aromatic rings. The minimum atomic E-state index is -1.44. The zero-order valence-corrected chi connectivity index (χ0v) is 7.76. The molecule has 2 N–H and O–H groups in total. The molecule has 0 aliphatic carbocycles. The van der Waals surface area contributed by atoms with Crippen LogP contribution in [-0.4, -0.2) is 17.2 Å². The van der Waals surface area contributed by atoms with Crippen LogP contribution >= 0.6 is 11.6 Å². The summed E-state index contributed by atoms with van der Waals surface area (Å²) in [5, 5.41) is 18.4. The first-order valence-electron chi connectivity index (χ1n) is 3.65. The van der Waals surface area contributed by atoms with E-state index < -0.39 is 7.12 Å². The van der Waals surface area contributed by atoms with E-state index in [0.29, 0.717) is 10.5 Å². The van der Waals surface area contributed by atoms with Gasteiger partial charge in [-0.05, 0) is 30.9 Å². The number of aryl methyl sites for hydroxylation is 2. The van der Waals surface area contributed by atoms with Gasteiger partial charge < -0.3 is 10.0 Å². The molecule has 0 heterocycles. The molecule has 0 aromatic heterocycles. The van der Waals surface area contributed by atoms with Crippen LogP contribution in [0.5, 0.6) is 0 Å². The number of hydrogen-bond acceptors (Lipinski definition) is 2. The van der Waals surface area contributed by atoms with Crippen LogP contribution < -0.4 is 5.46 Å². The van der Waals surface area contributed by atoms with E-state index in [2.05, 4.69) is 0 Å². The Balaban J connectivity index is 3.23. The highest BCUT2D eigenvalue weighted by Gasteiger charge is 2.14. The molecule has 0 bridgehead atoms. The average Bonchev–Trinajstić information content (AvgIpc) is 1.96. The van der Waals surface area contributed by atoms with Crippen molar-refractivity contribution in [3.63, 3.8) is 0 Å². The topological polar surface area (TPSA) is 40.5 Å². The van der Waals surface area contributed by atoms with Crippen molar-refractivity contribution >= 4 is 24.2 Å². The maximum atomic E-state index is 8.92. The van der Waals surface area contributed by atoms with Gasteiger partial charge in [0.15, 0.2) is 0 Å². The molecular formula is C8H10BClO2. The molecule has 0 fully saturated rings. The lowest BCUT2D eigenvalue weighted by Gasteiger charge is -2.06. The van der Waals surface area contributed by atoms with E-state index in [-0.39, 0.29) is 0 Å². The molecule has 4 heteroatoms. The summed E-state index contributed by atoms with van der Waals surface area (Å²) in [6, 6.07) is 3.41. The molecule has 0 unspecified atom stereocenters. The Morgan fingerprint density at radius 2 is 1.75 bits per heavy atom. The Labute approximate surface area is 76.9 Å². The predicted molar refractivity (Wildman–Crippen MR) is 50.8 cm³/mol. The molecule has 0 saturated carbocycles. The van der Waals surface area contributed by atoms with Crippen molar-refractivity contribution in [2.24, 2.45) is 0 Å². The minimum absolute atomic E-state index is 0.464. The van der Waals surface area contributed by atoms with Crippen LogP contribution in [0.15, 0.2) is 12.1 Å². The fraction of sp³-hybridized carbons (Fsp3) is 0.250. The minimum Gasteiger partial charge on any atom is -0.423 e. The molecular weight excluding hydrogens is 174 g/mol. The van der Waals surface area contributed by atoms with Crippen LogP contribution in [-0.2, 0) is 0 Å². The van der Waals surface area contributed by atoms with Crippen LogP contribution in [0.1, 0.15) is 11.1 Å². The van der Waals surface area contributed by atoms with Gasteiger partial charge in [-0.15, -0.1) is 0 Å². The van der Waals surface area contributed by atoms with Crippen molar-refractivity contribution < 1.29 is 10.0 Å². The van der Waals surface area contributed by atoms with Crippen LogP contribution in [0, 0.1) is 13.8 Å². The molecule has 2 nitrogen and oxygen atoms in total. The van der Waals surface area contributed by atoms with Crippen LogP contribution in [0.2, 0.25) is 5.02 Å². The van der Waals surface area contributed by atoms with Gasteiger partial charge in [-0.1, -0.05) is 23.2 Å². The molecule has 1 aromatic carbocycles. The first-order chi connectivity index (χ1) is 5.52. The van der Waals surface area contributed by atoms with Gasteiger partial charge in [0.25, 0.3) is 0 Å². The van der Waals surface area contributed by atoms with Crippen molar-refractivity contribution in [3.05, 3.63) is 28.3 Å². The molecule has 0 atom stereocenters. The van der Waals surface area contributed by atoms with Gasteiger partial charge in [-0.25, -0.2) is 0 Å². The Bertz CT molecular complexity index is 299. The van der Waals surface area contributed by atoms with Crippen molar-refractivity contribution in [1.29, 1.82) is 0 Å². The van der Waals surface area contributed by atoms with Crippen molar-refractivity contribution in [2.45, 2.75) is 13.8 Å². The number of halogens is 1. The van der Waals surface area contributed by atoms with Gasteiger partial charge in [0.05, 0.1) is 0 Å². The normalized spacial score (nSPS) is 10.1. The maximum absolute atomic E-state index is 8.92. The highest BCUT2D eigenvalue weighted by molar-refractivity contribution is 6.59. The molecule has 0 amide bonds. The predicted octanol–water partition coefficient (Wildman–Crippen LogP) is 0.637. The van der Waals surface area contributed by atoms with Crippen molar-refractivity contribution in [2.75, 3.05) is 0 Å². The Morgan fingerprint density at radius 1 is 1.17 bits per heavy atom. The van der Waals surface area contributed by atoms with Crippen LogP contribution in [0.4, 0.5) is 0 Å². The summed E-state index contributed by atoms with van der Waals surface area (Å²) in [4.78, 5) is 0. The summed E-state index contributed by atoms with van der Waals surface area (Å²) in [7, 11) is -1.44. The van der Waals surface area contributed by atoms with Crippen LogP contribution in [0.3, 0.4) is 0 Å². The quantitative estimate of drug-likeness (QED) is 0.629. The summed E-state index contributed by atoms with van der Waals surface area (Å²) >= 11 is 5.81. The van der Waals surface area contributed by atoms with Gasteiger partial charge in [0.1, 0.15) is 0 Å². The number of rotatable bonds is 1. The molecule has 0 radical (unpaired) electrons. The van der Waals surface area contributed by atoms with E-state index in [1.54, 1.807) is 6.07 Å². The first kappa shape index (κ1) is 9.58. The van der Waals surface area contributed by atoms with Gasteiger partial charge >= 0.3 is 7.12 Å². The molecule has 0 spiro atoms. The van der Waals surface area contributed by atoms with Crippen molar-refractivity contribution in [1.82, 2.24) is 0 Å². The Kier molecular flexibility index (Phi) is 2.78. The third-order valence-corrected chi connectivity index (χ3v) is 2.23. The van der Waals surface area contributed by atoms with E-state index in [4.69, 9.17) is 21.6 Å². The van der Waals surface area contributed by atoms with E-state index in [0.717, 1.165) is 11.1 Å². The lowest BCUT2D eigenvalue weighted by molar-refractivity contribution is 0.425. The Hall–Kier alpha value is -0.505. The first-order valence-corrected chi connectivity index (χ1v) is 4.03. The molecule has 0 saturated heterocycles. The zero-order valence-electron chi connectivity index (χ0n) is 7.00. The molecule has 0 aliphatic rings. The lowest BCUT2D eigenvalue weighted by atomic mass is 9.77. The summed E-state index contributed by atoms with van der Waals surface area (Å²) in [5.41, 5.74) is 2.25. The second kappa shape index (κ2) is 3.48. The second-order valence-corrected chi connectivity index (χ2v) is 3.24. The monoisotopic (exact) mass is 184 g/mol. The summed E-state index contributed by atoms with van der Waals surface area (Å²) in [6.07, 6.45) is 0. The van der Waals surface area contributed by atoms with Crippen LogP contribution in [0.25, 0.3) is 0 Å². The molecule has 0 aliphatic heterocycles. The van der Waals surface area contributed by atoms with E-state index in [1.807, 2.05) is 19.9 Å². The number of benzene rings is 1. The Morgan fingerprint density at radius 3 is 2.25 bits per heavy atom. The fourth-order valence-corrected chi connectivity index (χ4v) is 1.29. The van der Waals surface area contributed by atoms with Crippen molar-refractivity contribution in [3.8, 4) is 0 Å². The number of hydrogen-bond donors (Lipinski definition) is 2. The third-order valence-electron chi connectivity index (χ3n) is 1.83. The summed E-state index contributed by atoms with van der Waals surface area (Å²) < 4.78 is 0. The standard InChI is InChI=1S/C8H10BClO2/c1-5-3-6(2)8(10)4-7(5)9(11)12/h3-4,11-12H,1-2H3. The SMILES string of the molecule is Cc1cc(C)c(B(O)O)cc1Cl. The molecule has 64 valence electrons. The smallest absolute Gasteiger partial charge is 0.423 e. The summed E-state index contributed by atoms with van der Waals surface area (Å²) in [6.45, 7) is 3.70. The van der Waals surface area contributed by atoms with E-state index >= 15 is 0 Å². The highest BCUT2D eigenvalue weighted by atomic mass is 35.5. The third kappa shape index (κ3) is 1.80. The lowest BCUT2D eigenvalue weighted by Crippen LogP contribution is -2.32. The van der Waals surface area contributed by atoms with Gasteiger partial charge in [-0.3, -0.25) is 0 Å². The van der Waals surface area contributed by atoms with E-state index in [9.17, 15) is 0 Å². The van der Waals surface area contributed by atoms with Gasteiger partial charge in [0.2, 0.25) is 0 Å². The average molecular weight is 184 g/mol. The largest absolute Gasteiger partial charge is 0.488 e. The van der Waals surface area contributed by atoms with Gasteiger partial charge in [-0.2, -0.15) is 0 Å². The second-order valence-electron chi connectivity index (χ2n) is 2.83. The highest BCUT2D eigenvalue weighted by Crippen LogP contribution is 2.14. The molecule has 1 rings (SSSR count). The zero-order chi connectivity index (χ0) is 9.30. The fourth-order valence-electron chi connectivity index (χ4n) is 1.12. The summed E-state index contributed by atoms with van der Waals surface area (Å²) in [5.74, 6) is 0. The molecule has 12 heavy (non-hydrogen) atoms.